The Balaban J connectivity index is 1.47. The molecule has 0 aliphatic rings. The second kappa shape index (κ2) is 8.46. The Morgan fingerprint density at radius 3 is 2.61 bits per heavy atom. The van der Waals surface area contributed by atoms with Crippen molar-refractivity contribution in [1.82, 2.24) is 30.1 Å². The zero-order chi connectivity index (χ0) is 24.8. The fourth-order valence-corrected chi connectivity index (χ4v) is 4.25. The molecule has 0 aliphatic heterocycles. The molecule has 9 heteroatoms. The van der Waals surface area contributed by atoms with E-state index in [-0.39, 0.29) is 5.82 Å². The summed E-state index contributed by atoms with van der Waals surface area (Å²) < 4.78 is 19.5. The van der Waals surface area contributed by atoms with Gasteiger partial charge in [0.15, 0.2) is 11.5 Å². The van der Waals surface area contributed by atoms with Crippen LogP contribution in [0.25, 0.3) is 56.0 Å². The Morgan fingerprint density at radius 1 is 0.889 bits per heavy atom. The molecule has 0 saturated heterocycles. The van der Waals surface area contributed by atoms with Gasteiger partial charge in [-0.2, -0.15) is 5.10 Å². The highest BCUT2D eigenvalue weighted by atomic mass is 19.1. The third kappa shape index (κ3) is 3.70. The van der Waals surface area contributed by atoms with Gasteiger partial charge in [-0.15, -0.1) is 0 Å². The predicted molar refractivity (Wildman–Crippen MR) is 138 cm³/mol. The lowest BCUT2D eigenvalue weighted by molar-refractivity contribution is 0.411. The number of benzene rings is 2. The van der Waals surface area contributed by atoms with Crippen molar-refractivity contribution in [2.75, 3.05) is 26.1 Å². The summed E-state index contributed by atoms with van der Waals surface area (Å²) in [6.07, 6.45) is 3.60. The molecule has 4 aromatic heterocycles. The molecule has 0 bridgehead atoms. The molecule has 0 spiro atoms. The van der Waals surface area contributed by atoms with Gasteiger partial charge in [0.2, 0.25) is 0 Å². The van der Waals surface area contributed by atoms with Crippen molar-refractivity contribution >= 4 is 27.8 Å². The van der Waals surface area contributed by atoms with Crippen LogP contribution in [0.15, 0.2) is 67.0 Å². The summed E-state index contributed by atoms with van der Waals surface area (Å²) in [5.74, 6) is 0.637. The van der Waals surface area contributed by atoms with E-state index in [1.807, 2.05) is 61.6 Å². The summed E-state index contributed by atoms with van der Waals surface area (Å²) in [6.45, 7) is 0. The largest absolute Gasteiger partial charge is 0.497 e. The van der Waals surface area contributed by atoms with Crippen molar-refractivity contribution in [2.24, 2.45) is 0 Å². The molecule has 0 saturated carbocycles. The van der Waals surface area contributed by atoms with Gasteiger partial charge in [0.05, 0.1) is 41.2 Å². The number of H-pyrrole nitrogens is 2. The Labute approximate surface area is 205 Å². The fraction of sp³-hybridized carbons (Fsp3) is 0.111. The molecule has 0 atom stereocenters. The smallest absolute Gasteiger partial charge is 0.161 e. The first-order valence-electron chi connectivity index (χ1n) is 11.3. The predicted octanol–water partition coefficient (Wildman–Crippen LogP) is 5.44. The van der Waals surface area contributed by atoms with Gasteiger partial charge in [0.25, 0.3) is 0 Å². The third-order valence-corrected chi connectivity index (χ3v) is 6.10. The number of para-hydroxylation sites is 1. The van der Waals surface area contributed by atoms with Gasteiger partial charge in [0.1, 0.15) is 17.1 Å². The maximum Gasteiger partial charge on any atom is 0.161 e. The number of fused-ring (bicyclic) bond motifs is 2. The molecule has 0 fully saturated rings. The van der Waals surface area contributed by atoms with Crippen molar-refractivity contribution < 1.29 is 9.13 Å². The van der Waals surface area contributed by atoms with E-state index >= 15 is 0 Å². The van der Waals surface area contributed by atoms with Crippen molar-refractivity contribution in [1.29, 1.82) is 0 Å². The minimum atomic E-state index is -0.375. The second-order valence-corrected chi connectivity index (χ2v) is 8.66. The minimum Gasteiger partial charge on any atom is -0.497 e. The zero-order valence-electron chi connectivity index (χ0n) is 19.9. The van der Waals surface area contributed by atoms with Gasteiger partial charge in [-0.3, -0.25) is 10.1 Å². The molecule has 6 aromatic rings. The number of imidazole rings is 1. The molecule has 0 amide bonds. The van der Waals surface area contributed by atoms with E-state index in [0.29, 0.717) is 33.9 Å². The molecule has 0 unspecified atom stereocenters. The van der Waals surface area contributed by atoms with E-state index in [0.717, 1.165) is 33.5 Å². The van der Waals surface area contributed by atoms with Crippen LogP contribution in [0.2, 0.25) is 0 Å². The normalized spacial score (nSPS) is 11.3. The van der Waals surface area contributed by atoms with E-state index in [9.17, 15) is 4.39 Å². The average Bonchev–Trinajstić information content (AvgIpc) is 3.51. The van der Waals surface area contributed by atoms with Gasteiger partial charge in [0, 0.05) is 37.5 Å². The van der Waals surface area contributed by atoms with Crippen LogP contribution >= 0.6 is 0 Å². The summed E-state index contributed by atoms with van der Waals surface area (Å²) in [4.78, 5) is 19.4. The van der Waals surface area contributed by atoms with E-state index in [1.54, 1.807) is 12.3 Å². The number of ether oxygens (including phenoxy) is 1. The summed E-state index contributed by atoms with van der Waals surface area (Å²) in [6, 6.07) is 16.3. The molecule has 178 valence electrons. The van der Waals surface area contributed by atoms with Crippen LogP contribution in [0, 0.1) is 5.82 Å². The Bertz CT molecular complexity index is 1740. The highest BCUT2D eigenvalue weighted by Crippen LogP contribution is 2.33. The third-order valence-electron chi connectivity index (χ3n) is 6.10. The monoisotopic (exact) mass is 479 g/mol. The van der Waals surface area contributed by atoms with E-state index in [4.69, 9.17) is 14.7 Å². The quantitative estimate of drug-likeness (QED) is 0.342. The molecule has 2 aromatic carbocycles. The highest BCUT2D eigenvalue weighted by Gasteiger charge is 2.17. The number of nitrogens with one attached hydrogen (secondary N) is 2. The minimum absolute atomic E-state index is 0.375. The van der Waals surface area contributed by atoms with Crippen LogP contribution in [-0.2, 0) is 0 Å². The fourth-order valence-electron chi connectivity index (χ4n) is 4.25. The van der Waals surface area contributed by atoms with Crippen LogP contribution in [0.4, 0.5) is 10.1 Å². The number of hydrogen-bond donors (Lipinski definition) is 2. The summed E-state index contributed by atoms with van der Waals surface area (Å²) in [7, 11) is 5.46. The molecular weight excluding hydrogens is 457 g/mol. The first kappa shape index (κ1) is 21.7. The van der Waals surface area contributed by atoms with Crippen molar-refractivity contribution in [2.45, 2.75) is 0 Å². The number of pyridine rings is 2. The Morgan fingerprint density at radius 2 is 1.78 bits per heavy atom. The van der Waals surface area contributed by atoms with Gasteiger partial charge >= 0.3 is 0 Å². The van der Waals surface area contributed by atoms with Gasteiger partial charge < -0.3 is 14.6 Å². The van der Waals surface area contributed by atoms with Gasteiger partial charge in [-0.1, -0.05) is 12.1 Å². The topological polar surface area (TPSA) is 95.6 Å². The first-order valence-corrected chi connectivity index (χ1v) is 11.3. The van der Waals surface area contributed by atoms with Crippen LogP contribution < -0.4 is 9.64 Å². The maximum atomic E-state index is 14.2. The number of rotatable bonds is 5. The number of methoxy groups -OCH3 is 1. The molecule has 36 heavy (non-hydrogen) atoms. The summed E-state index contributed by atoms with van der Waals surface area (Å²) in [5.41, 5.74) is 7.73. The molecule has 8 nitrogen and oxygen atoms in total. The van der Waals surface area contributed by atoms with E-state index < -0.39 is 0 Å². The molecule has 0 aliphatic carbocycles. The summed E-state index contributed by atoms with van der Waals surface area (Å²) in [5, 5.41) is 7.55. The molecule has 6 rings (SSSR count). The van der Waals surface area contributed by atoms with E-state index in [2.05, 4.69) is 20.2 Å². The van der Waals surface area contributed by atoms with Gasteiger partial charge in [-0.25, -0.2) is 14.4 Å². The number of halogens is 1. The van der Waals surface area contributed by atoms with Crippen LogP contribution in [-0.4, -0.2) is 51.3 Å². The Hall–Kier alpha value is -4.79. The molecule has 2 N–H and O–H groups in total. The van der Waals surface area contributed by atoms with Crippen LogP contribution in [0.3, 0.4) is 0 Å². The van der Waals surface area contributed by atoms with Crippen molar-refractivity contribution in [3.8, 4) is 39.7 Å². The lowest BCUT2D eigenvalue weighted by atomic mass is 10.0. The van der Waals surface area contributed by atoms with Gasteiger partial charge in [-0.05, 0) is 42.0 Å². The first-order chi connectivity index (χ1) is 17.5. The van der Waals surface area contributed by atoms with Crippen molar-refractivity contribution in [3.63, 3.8) is 0 Å². The number of nitrogens with zero attached hydrogens (tertiary/aromatic N) is 5. The molecule has 4 heterocycles. The average molecular weight is 480 g/mol. The van der Waals surface area contributed by atoms with Crippen molar-refractivity contribution in [3.05, 3.63) is 72.8 Å². The second-order valence-electron chi connectivity index (χ2n) is 8.66. The maximum absolute atomic E-state index is 14.2. The SMILES string of the molecule is COc1cc(F)cc(-c2cccc3[nH]c(-c4n[nH]c5ccc(-c6cncc(N(C)C)c6)nc45)nc23)c1. The standard InChI is InChI=1S/C27H22FN7O/c1-35(2)18-10-16(13-29-14-18)21-7-8-23-25(30-21)26(34-33-23)27-31-22-6-4-5-20(24(22)32-27)15-9-17(28)12-19(11-15)36-3/h4-14H,1-3H3,(H,31,32)(H,33,34). The van der Waals surface area contributed by atoms with E-state index in [1.165, 1.54) is 19.2 Å². The highest BCUT2D eigenvalue weighted by molar-refractivity contribution is 5.96. The van der Waals surface area contributed by atoms with Crippen LogP contribution in [0.5, 0.6) is 5.75 Å². The van der Waals surface area contributed by atoms with Crippen LogP contribution in [0.1, 0.15) is 0 Å². The lowest BCUT2D eigenvalue weighted by Crippen LogP contribution is -2.08. The summed E-state index contributed by atoms with van der Waals surface area (Å²) >= 11 is 0. The Kier molecular flexibility index (Phi) is 5.10. The number of aromatic nitrogens is 6. The molecule has 0 radical (unpaired) electrons. The number of anilines is 1. The molecular formula is C27H22FN7O. The zero-order valence-corrected chi connectivity index (χ0v) is 19.9. The number of hydrogen-bond acceptors (Lipinski definition) is 6. The lowest BCUT2D eigenvalue weighted by Gasteiger charge is -2.12. The number of aromatic amines is 2.